The van der Waals surface area contributed by atoms with Crippen LogP contribution in [0.2, 0.25) is 0 Å². The molecule has 1 aliphatic carbocycles. The van der Waals surface area contributed by atoms with Gasteiger partial charge in [0.15, 0.2) is 5.13 Å². The summed E-state index contributed by atoms with van der Waals surface area (Å²) in [5, 5.41) is 12.0. The Bertz CT molecular complexity index is 357. The van der Waals surface area contributed by atoms with Crippen LogP contribution in [0.15, 0.2) is 5.38 Å². The molecule has 2 aliphatic rings. The van der Waals surface area contributed by atoms with Crippen molar-refractivity contribution in [2.45, 2.75) is 32.1 Å². The summed E-state index contributed by atoms with van der Waals surface area (Å²) < 4.78 is 0. The maximum atomic E-state index is 9.24. The predicted octanol–water partition coefficient (Wildman–Crippen LogP) is 2.62. The van der Waals surface area contributed by atoms with Crippen molar-refractivity contribution in [3.05, 3.63) is 5.38 Å². The normalized spacial score (nSPS) is 24.1. The number of hydrogen-bond acceptors (Lipinski definition) is 4. The van der Waals surface area contributed by atoms with Gasteiger partial charge in [-0.05, 0) is 24.7 Å². The molecular weight excluding hydrogens is 208 g/mol. The second-order valence-electron chi connectivity index (χ2n) is 4.87. The van der Waals surface area contributed by atoms with Crippen molar-refractivity contribution in [1.29, 1.82) is 0 Å². The number of hydrogen-bond donors (Lipinski definition) is 1. The molecule has 1 saturated carbocycles. The van der Waals surface area contributed by atoms with Crippen LogP contribution in [-0.2, 0) is 0 Å². The SMILES string of the molecule is Oc1csc(N2CCC3(CCCC3)C2)n1. The Morgan fingerprint density at radius 1 is 1.33 bits per heavy atom. The Kier molecular flexibility index (Phi) is 2.12. The Balaban J connectivity index is 1.75. The molecule has 1 N–H and O–H groups in total. The van der Waals surface area contributed by atoms with E-state index in [0.29, 0.717) is 5.41 Å². The molecule has 82 valence electrons. The van der Waals surface area contributed by atoms with E-state index >= 15 is 0 Å². The first-order valence-electron chi connectivity index (χ1n) is 5.67. The first kappa shape index (κ1) is 9.46. The number of aromatic hydroxyl groups is 1. The predicted molar refractivity (Wildman–Crippen MR) is 61.5 cm³/mol. The molecule has 3 nitrogen and oxygen atoms in total. The van der Waals surface area contributed by atoms with E-state index in [2.05, 4.69) is 9.88 Å². The fourth-order valence-corrected chi connectivity index (χ4v) is 3.75. The van der Waals surface area contributed by atoms with Crippen LogP contribution in [-0.4, -0.2) is 23.2 Å². The van der Waals surface area contributed by atoms with Crippen molar-refractivity contribution in [1.82, 2.24) is 4.98 Å². The third kappa shape index (κ3) is 1.61. The lowest BCUT2D eigenvalue weighted by molar-refractivity contribution is 0.340. The number of rotatable bonds is 1. The summed E-state index contributed by atoms with van der Waals surface area (Å²) in [4.78, 5) is 6.49. The topological polar surface area (TPSA) is 36.4 Å². The lowest BCUT2D eigenvalue weighted by Gasteiger charge is -2.22. The van der Waals surface area contributed by atoms with Crippen molar-refractivity contribution in [2.24, 2.45) is 5.41 Å². The number of aromatic nitrogens is 1. The molecule has 0 bridgehead atoms. The second kappa shape index (κ2) is 3.37. The van der Waals surface area contributed by atoms with Crippen molar-refractivity contribution in [3.8, 4) is 5.88 Å². The van der Waals surface area contributed by atoms with Crippen molar-refractivity contribution in [3.63, 3.8) is 0 Å². The molecule has 15 heavy (non-hydrogen) atoms. The minimum atomic E-state index is 0.169. The standard InChI is InChI=1S/C11H16N2OS/c14-9-7-15-10(12-9)13-6-5-11(8-13)3-1-2-4-11/h7,14H,1-6,8H2. The lowest BCUT2D eigenvalue weighted by Crippen LogP contribution is -2.24. The Labute approximate surface area is 93.8 Å². The fourth-order valence-electron chi connectivity index (χ4n) is 3.03. The summed E-state index contributed by atoms with van der Waals surface area (Å²) in [6.07, 6.45) is 6.89. The third-order valence-electron chi connectivity index (χ3n) is 3.85. The maximum absolute atomic E-state index is 9.24. The zero-order valence-electron chi connectivity index (χ0n) is 8.78. The molecule has 1 spiro atoms. The van der Waals surface area contributed by atoms with E-state index in [4.69, 9.17) is 0 Å². The average molecular weight is 224 g/mol. The second-order valence-corrected chi connectivity index (χ2v) is 5.70. The van der Waals surface area contributed by atoms with E-state index < -0.39 is 0 Å². The van der Waals surface area contributed by atoms with Crippen molar-refractivity contribution in [2.75, 3.05) is 18.0 Å². The van der Waals surface area contributed by atoms with Gasteiger partial charge < -0.3 is 10.0 Å². The van der Waals surface area contributed by atoms with Gasteiger partial charge in [0.1, 0.15) is 0 Å². The summed E-state index contributed by atoms with van der Waals surface area (Å²) in [6, 6.07) is 0. The first-order valence-corrected chi connectivity index (χ1v) is 6.55. The quantitative estimate of drug-likeness (QED) is 0.796. The third-order valence-corrected chi connectivity index (χ3v) is 4.74. The van der Waals surface area contributed by atoms with Crippen LogP contribution in [0.5, 0.6) is 5.88 Å². The zero-order chi connectivity index (χ0) is 10.3. The van der Waals surface area contributed by atoms with Crippen LogP contribution in [0.4, 0.5) is 5.13 Å². The molecule has 1 aromatic heterocycles. The van der Waals surface area contributed by atoms with Crippen molar-refractivity contribution < 1.29 is 5.11 Å². The van der Waals surface area contributed by atoms with E-state index in [-0.39, 0.29) is 5.88 Å². The lowest BCUT2D eigenvalue weighted by atomic mass is 9.86. The number of thiazole rings is 1. The molecule has 2 heterocycles. The van der Waals surface area contributed by atoms with Crippen LogP contribution in [0.25, 0.3) is 0 Å². The van der Waals surface area contributed by atoms with Gasteiger partial charge in [0, 0.05) is 13.1 Å². The van der Waals surface area contributed by atoms with Gasteiger partial charge in [-0.2, -0.15) is 4.98 Å². The van der Waals surface area contributed by atoms with Gasteiger partial charge in [-0.25, -0.2) is 0 Å². The molecule has 0 radical (unpaired) electrons. The molecule has 4 heteroatoms. The largest absolute Gasteiger partial charge is 0.493 e. The fraction of sp³-hybridized carbons (Fsp3) is 0.727. The molecule has 0 aromatic carbocycles. The van der Waals surface area contributed by atoms with E-state index in [1.807, 2.05) is 0 Å². The summed E-state index contributed by atoms with van der Waals surface area (Å²) in [6.45, 7) is 2.27. The zero-order valence-corrected chi connectivity index (χ0v) is 9.59. The monoisotopic (exact) mass is 224 g/mol. The molecule has 1 aliphatic heterocycles. The molecule has 0 unspecified atom stereocenters. The van der Waals surface area contributed by atoms with Crippen LogP contribution in [0.1, 0.15) is 32.1 Å². The molecule has 3 rings (SSSR count). The van der Waals surface area contributed by atoms with Gasteiger partial charge in [-0.3, -0.25) is 0 Å². The number of nitrogens with zero attached hydrogens (tertiary/aromatic N) is 2. The van der Waals surface area contributed by atoms with Gasteiger partial charge in [0.05, 0.1) is 5.38 Å². The highest BCUT2D eigenvalue weighted by atomic mass is 32.1. The van der Waals surface area contributed by atoms with E-state index in [1.165, 1.54) is 32.1 Å². The Morgan fingerprint density at radius 2 is 2.13 bits per heavy atom. The highest BCUT2D eigenvalue weighted by molar-refractivity contribution is 7.13. The van der Waals surface area contributed by atoms with E-state index in [0.717, 1.165) is 18.2 Å². The van der Waals surface area contributed by atoms with Crippen LogP contribution in [0.3, 0.4) is 0 Å². The molecular formula is C11H16N2OS. The van der Waals surface area contributed by atoms with Gasteiger partial charge in [0.2, 0.25) is 5.88 Å². The molecule has 0 amide bonds. The molecule has 0 atom stereocenters. The minimum absolute atomic E-state index is 0.169. The summed E-state index contributed by atoms with van der Waals surface area (Å²) >= 11 is 1.55. The summed E-state index contributed by atoms with van der Waals surface area (Å²) in [7, 11) is 0. The maximum Gasteiger partial charge on any atom is 0.223 e. The highest BCUT2D eigenvalue weighted by Crippen LogP contribution is 2.46. The summed E-state index contributed by atoms with van der Waals surface area (Å²) in [5.41, 5.74) is 0.585. The smallest absolute Gasteiger partial charge is 0.223 e. The number of anilines is 1. The first-order chi connectivity index (χ1) is 7.27. The van der Waals surface area contributed by atoms with Gasteiger partial charge in [-0.1, -0.05) is 12.8 Å². The van der Waals surface area contributed by atoms with Gasteiger partial charge in [-0.15, -0.1) is 11.3 Å². The van der Waals surface area contributed by atoms with E-state index in [9.17, 15) is 5.11 Å². The molecule has 2 fully saturated rings. The van der Waals surface area contributed by atoms with E-state index in [1.54, 1.807) is 16.7 Å². The average Bonchev–Trinajstić information content (AvgIpc) is 2.90. The minimum Gasteiger partial charge on any atom is -0.493 e. The Morgan fingerprint density at radius 3 is 2.80 bits per heavy atom. The molecule has 1 aromatic rings. The Hall–Kier alpha value is -0.770. The van der Waals surface area contributed by atoms with Gasteiger partial charge >= 0.3 is 0 Å². The highest BCUT2D eigenvalue weighted by Gasteiger charge is 2.40. The summed E-state index contributed by atoms with van der Waals surface area (Å²) in [5.74, 6) is 0.169. The van der Waals surface area contributed by atoms with Crippen LogP contribution in [0, 0.1) is 5.41 Å². The van der Waals surface area contributed by atoms with Crippen LogP contribution < -0.4 is 4.90 Å². The molecule has 1 saturated heterocycles. The van der Waals surface area contributed by atoms with Crippen molar-refractivity contribution >= 4 is 16.5 Å². The van der Waals surface area contributed by atoms with Gasteiger partial charge in [0.25, 0.3) is 0 Å². The van der Waals surface area contributed by atoms with Crippen LogP contribution >= 0.6 is 11.3 Å².